The van der Waals surface area contributed by atoms with E-state index in [1.54, 1.807) is 11.8 Å². The number of thioether (sulfide) groups is 1. The Hall–Kier alpha value is -2.31. The molecule has 146 valence electrons. The van der Waals surface area contributed by atoms with Crippen LogP contribution in [0.1, 0.15) is 25.3 Å². The molecule has 0 aliphatic carbocycles. The van der Waals surface area contributed by atoms with Crippen LogP contribution in [0.15, 0.2) is 53.7 Å². The second-order valence-electron chi connectivity index (χ2n) is 6.16. The van der Waals surface area contributed by atoms with Gasteiger partial charge in [0.25, 0.3) is 0 Å². The SMILES string of the molecule is CCOC(=O)CCCSc1nnc(-c2ccccc2Cl)n1-c1ccccc1C. The third kappa shape index (κ3) is 4.75. The normalized spacial score (nSPS) is 10.8. The van der Waals surface area contributed by atoms with Crippen molar-refractivity contribution >= 4 is 29.3 Å². The minimum atomic E-state index is -0.166. The molecule has 0 aliphatic rings. The molecule has 0 N–H and O–H groups in total. The average molecular weight is 416 g/mol. The van der Waals surface area contributed by atoms with E-state index in [1.165, 1.54) is 0 Å². The van der Waals surface area contributed by atoms with Gasteiger partial charge in [0, 0.05) is 17.7 Å². The van der Waals surface area contributed by atoms with Gasteiger partial charge in [-0.05, 0) is 44.0 Å². The first-order valence-electron chi connectivity index (χ1n) is 9.16. The van der Waals surface area contributed by atoms with Crippen LogP contribution in [0.25, 0.3) is 17.1 Å². The molecule has 0 aliphatic heterocycles. The third-order valence-electron chi connectivity index (χ3n) is 4.17. The number of para-hydroxylation sites is 1. The lowest BCUT2D eigenvalue weighted by Crippen LogP contribution is -2.05. The highest BCUT2D eigenvalue weighted by atomic mass is 35.5. The number of halogens is 1. The zero-order chi connectivity index (χ0) is 19.9. The van der Waals surface area contributed by atoms with Crippen molar-refractivity contribution in [3.8, 4) is 17.1 Å². The Kier molecular flexibility index (Phi) is 7.12. The Bertz CT molecular complexity index is 958. The van der Waals surface area contributed by atoms with Crippen LogP contribution < -0.4 is 0 Å². The topological polar surface area (TPSA) is 57.0 Å². The molecule has 7 heteroatoms. The summed E-state index contributed by atoms with van der Waals surface area (Å²) in [4.78, 5) is 11.5. The maximum Gasteiger partial charge on any atom is 0.305 e. The Morgan fingerprint density at radius 1 is 1.14 bits per heavy atom. The van der Waals surface area contributed by atoms with Crippen molar-refractivity contribution < 1.29 is 9.53 Å². The standard InChI is InChI=1S/C21H22ClN3O2S/c1-3-27-19(26)13-8-14-28-21-24-23-20(16-10-5-6-11-17(16)22)25(21)18-12-7-4-9-15(18)2/h4-7,9-12H,3,8,13-14H2,1-2H3. The number of benzene rings is 2. The zero-order valence-electron chi connectivity index (χ0n) is 15.9. The highest BCUT2D eigenvalue weighted by Gasteiger charge is 2.19. The highest BCUT2D eigenvalue weighted by molar-refractivity contribution is 7.99. The molecule has 0 bridgehead atoms. The molecule has 3 aromatic rings. The van der Waals surface area contributed by atoms with Crippen LogP contribution in [0.4, 0.5) is 0 Å². The van der Waals surface area contributed by atoms with Gasteiger partial charge >= 0.3 is 5.97 Å². The number of aryl methyl sites for hydroxylation is 1. The molecule has 0 saturated carbocycles. The van der Waals surface area contributed by atoms with Crippen LogP contribution in [-0.4, -0.2) is 33.1 Å². The van der Waals surface area contributed by atoms with Crippen LogP contribution in [0.2, 0.25) is 5.02 Å². The number of rotatable bonds is 8. The molecular formula is C21H22ClN3O2S. The van der Waals surface area contributed by atoms with Crippen molar-refractivity contribution in [2.45, 2.75) is 31.8 Å². The van der Waals surface area contributed by atoms with Gasteiger partial charge in [0.15, 0.2) is 11.0 Å². The van der Waals surface area contributed by atoms with E-state index in [4.69, 9.17) is 16.3 Å². The first-order valence-corrected chi connectivity index (χ1v) is 10.5. The monoisotopic (exact) mass is 415 g/mol. The number of aromatic nitrogens is 3. The van der Waals surface area contributed by atoms with Crippen molar-refractivity contribution in [3.63, 3.8) is 0 Å². The van der Waals surface area contributed by atoms with E-state index in [9.17, 15) is 4.79 Å². The van der Waals surface area contributed by atoms with E-state index in [2.05, 4.69) is 23.2 Å². The summed E-state index contributed by atoms with van der Waals surface area (Å²) in [5.41, 5.74) is 2.96. The molecule has 1 aromatic heterocycles. The van der Waals surface area contributed by atoms with Crippen molar-refractivity contribution in [3.05, 3.63) is 59.1 Å². The van der Waals surface area contributed by atoms with Crippen LogP contribution in [-0.2, 0) is 9.53 Å². The number of nitrogens with zero attached hydrogens (tertiary/aromatic N) is 3. The summed E-state index contributed by atoms with van der Waals surface area (Å²) in [6.45, 7) is 4.28. The number of carbonyl (C=O) groups is 1. The maximum atomic E-state index is 11.5. The van der Waals surface area contributed by atoms with Gasteiger partial charge in [0.1, 0.15) is 0 Å². The summed E-state index contributed by atoms with van der Waals surface area (Å²) >= 11 is 7.99. The molecule has 5 nitrogen and oxygen atoms in total. The van der Waals surface area contributed by atoms with Crippen molar-refractivity contribution in [2.24, 2.45) is 0 Å². The molecule has 0 atom stereocenters. The van der Waals surface area contributed by atoms with Crippen LogP contribution in [0, 0.1) is 6.92 Å². The fourth-order valence-corrected chi connectivity index (χ4v) is 3.93. The minimum absolute atomic E-state index is 0.166. The van der Waals surface area contributed by atoms with Gasteiger partial charge in [-0.1, -0.05) is 53.7 Å². The third-order valence-corrected chi connectivity index (χ3v) is 5.51. The Balaban J connectivity index is 1.90. The molecule has 3 rings (SSSR count). The lowest BCUT2D eigenvalue weighted by Gasteiger charge is -2.13. The summed E-state index contributed by atoms with van der Waals surface area (Å²) in [6.07, 6.45) is 1.11. The number of ether oxygens (including phenoxy) is 1. The summed E-state index contributed by atoms with van der Waals surface area (Å²) in [5, 5.41) is 10.2. The fourth-order valence-electron chi connectivity index (χ4n) is 2.83. The van der Waals surface area contributed by atoms with E-state index in [1.807, 2.05) is 54.0 Å². The molecule has 0 radical (unpaired) electrons. The van der Waals surface area contributed by atoms with E-state index in [-0.39, 0.29) is 5.97 Å². The minimum Gasteiger partial charge on any atom is -0.466 e. The number of hydrogen-bond acceptors (Lipinski definition) is 5. The molecular weight excluding hydrogens is 394 g/mol. The zero-order valence-corrected chi connectivity index (χ0v) is 17.5. The number of carbonyl (C=O) groups excluding carboxylic acids is 1. The molecule has 0 fully saturated rings. The molecule has 0 spiro atoms. The second kappa shape index (κ2) is 9.75. The van der Waals surface area contributed by atoms with E-state index < -0.39 is 0 Å². The van der Waals surface area contributed by atoms with Crippen molar-refractivity contribution in [1.29, 1.82) is 0 Å². The number of esters is 1. The second-order valence-corrected chi connectivity index (χ2v) is 7.63. The van der Waals surface area contributed by atoms with Gasteiger partial charge in [0.05, 0.1) is 17.3 Å². The van der Waals surface area contributed by atoms with E-state index >= 15 is 0 Å². The van der Waals surface area contributed by atoms with Crippen LogP contribution in [0.5, 0.6) is 0 Å². The summed E-state index contributed by atoms with van der Waals surface area (Å²) in [6, 6.07) is 15.7. The fraction of sp³-hybridized carbons (Fsp3) is 0.286. The molecule has 2 aromatic carbocycles. The summed E-state index contributed by atoms with van der Waals surface area (Å²) in [5.74, 6) is 1.28. The van der Waals surface area contributed by atoms with E-state index in [0.717, 1.165) is 27.7 Å². The molecule has 0 saturated heterocycles. The largest absolute Gasteiger partial charge is 0.466 e. The van der Waals surface area contributed by atoms with Gasteiger partial charge in [-0.15, -0.1) is 10.2 Å². The quantitative estimate of drug-likeness (QED) is 0.282. The van der Waals surface area contributed by atoms with E-state index in [0.29, 0.717) is 30.3 Å². The Morgan fingerprint density at radius 3 is 2.64 bits per heavy atom. The van der Waals surface area contributed by atoms with Crippen LogP contribution in [0.3, 0.4) is 0 Å². The van der Waals surface area contributed by atoms with Gasteiger partial charge in [-0.25, -0.2) is 0 Å². The lowest BCUT2D eigenvalue weighted by atomic mass is 10.1. The van der Waals surface area contributed by atoms with Gasteiger partial charge in [0.2, 0.25) is 0 Å². The molecule has 1 heterocycles. The molecule has 0 unspecified atom stereocenters. The highest BCUT2D eigenvalue weighted by Crippen LogP contribution is 2.33. The first kappa shape index (κ1) is 20.4. The summed E-state index contributed by atoms with van der Waals surface area (Å²) in [7, 11) is 0. The Morgan fingerprint density at radius 2 is 1.89 bits per heavy atom. The predicted octanol–water partition coefficient (Wildman–Crippen LogP) is 5.33. The smallest absolute Gasteiger partial charge is 0.305 e. The predicted molar refractivity (Wildman–Crippen MR) is 113 cm³/mol. The summed E-state index contributed by atoms with van der Waals surface area (Å²) < 4.78 is 7.02. The molecule has 28 heavy (non-hydrogen) atoms. The average Bonchev–Trinajstić information content (AvgIpc) is 3.09. The van der Waals surface area contributed by atoms with Gasteiger partial charge in [-0.2, -0.15) is 0 Å². The lowest BCUT2D eigenvalue weighted by molar-refractivity contribution is -0.143. The van der Waals surface area contributed by atoms with Gasteiger partial charge < -0.3 is 4.74 Å². The Labute approximate surface area is 174 Å². The number of hydrogen-bond donors (Lipinski definition) is 0. The van der Waals surface area contributed by atoms with Gasteiger partial charge in [-0.3, -0.25) is 9.36 Å². The molecule has 0 amide bonds. The van der Waals surface area contributed by atoms with Crippen molar-refractivity contribution in [1.82, 2.24) is 14.8 Å². The maximum absolute atomic E-state index is 11.5. The van der Waals surface area contributed by atoms with Crippen molar-refractivity contribution in [2.75, 3.05) is 12.4 Å². The first-order chi connectivity index (χ1) is 13.6. The van der Waals surface area contributed by atoms with Crippen LogP contribution >= 0.6 is 23.4 Å².